The van der Waals surface area contributed by atoms with Gasteiger partial charge in [-0.25, -0.2) is 0 Å². The summed E-state index contributed by atoms with van der Waals surface area (Å²) in [5, 5.41) is 0. The molecule has 0 bridgehead atoms. The highest BCUT2D eigenvalue weighted by Gasteiger charge is 2.32. The maximum absolute atomic E-state index is 4.50. The third-order valence-corrected chi connectivity index (χ3v) is 3.83. The molecule has 0 saturated heterocycles. The standard InChI is InChI=1S/C11H20.CH5N/c1-3-7-11(8-4-1)9-5-2-6-10-11;1-2/h1-10H2;2H2,1H3. The summed E-state index contributed by atoms with van der Waals surface area (Å²) >= 11 is 0. The molecule has 0 radical (unpaired) electrons. The molecule has 2 saturated carbocycles. The quantitative estimate of drug-likeness (QED) is 0.611. The summed E-state index contributed by atoms with van der Waals surface area (Å²) in [5.74, 6) is 0. The molecule has 2 aliphatic carbocycles. The zero-order valence-electron chi connectivity index (χ0n) is 9.15. The third-order valence-electron chi connectivity index (χ3n) is 3.83. The van der Waals surface area contributed by atoms with Crippen molar-refractivity contribution in [1.29, 1.82) is 0 Å². The molecule has 0 aliphatic heterocycles. The van der Waals surface area contributed by atoms with Gasteiger partial charge in [0.1, 0.15) is 0 Å². The normalized spacial score (nSPS) is 26.3. The molecular formula is C12H25N. The second-order valence-corrected chi connectivity index (χ2v) is 4.62. The van der Waals surface area contributed by atoms with Gasteiger partial charge in [-0.15, -0.1) is 0 Å². The molecule has 1 spiro atoms. The molecule has 2 fully saturated rings. The minimum absolute atomic E-state index is 0.858. The Morgan fingerprint density at radius 2 is 0.923 bits per heavy atom. The Hall–Kier alpha value is -0.0400. The van der Waals surface area contributed by atoms with Crippen LogP contribution < -0.4 is 5.73 Å². The average molecular weight is 183 g/mol. The van der Waals surface area contributed by atoms with Crippen molar-refractivity contribution < 1.29 is 0 Å². The third kappa shape index (κ3) is 2.98. The van der Waals surface area contributed by atoms with Crippen LogP contribution in [0.5, 0.6) is 0 Å². The van der Waals surface area contributed by atoms with E-state index in [0.717, 1.165) is 5.41 Å². The highest BCUT2D eigenvalue weighted by Crippen LogP contribution is 2.47. The van der Waals surface area contributed by atoms with Crippen molar-refractivity contribution in [2.75, 3.05) is 7.05 Å². The Labute approximate surface area is 83.1 Å². The van der Waals surface area contributed by atoms with Crippen molar-refractivity contribution in [1.82, 2.24) is 0 Å². The first-order valence-corrected chi connectivity index (χ1v) is 5.99. The molecule has 0 aromatic carbocycles. The molecule has 2 N–H and O–H groups in total. The topological polar surface area (TPSA) is 26.0 Å². The van der Waals surface area contributed by atoms with Crippen LogP contribution in [0.4, 0.5) is 0 Å². The molecular weight excluding hydrogens is 158 g/mol. The lowest BCUT2D eigenvalue weighted by Gasteiger charge is -2.40. The van der Waals surface area contributed by atoms with Crippen molar-refractivity contribution >= 4 is 0 Å². The van der Waals surface area contributed by atoms with E-state index in [-0.39, 0.29) is 0 Å². The van der Waals surface area contributed by atoms with Crippen molar-refractivity contribution in [3.8, 4) is 0 Å². The number of rotatable bonds is 0. The van der Waals surface area contributed by atoms with Crippen LogP contribution in [0.2, 0.25) is 0 Å². The van der Waals surface area contributed by atoms with Gasteiger partial charge in [-0.2, -0.15) is 0 Å². The van der Waals surface area contributed by atoms with E-state index in [1.165, 1.54) is 45.6 Å². The molecule has 0 unspecified atom stereocenters. The Kier molecular flexibility index (Phi) is 4.79. The Balaban J connectivity index is 0.000000396. The molecule has 0 aromatic rings. The van der Waals surface area contributed by atoms with Crippen molar-refractivity contribution in [3.63, 3.8) is 0 Å². The lowest BCUT2D eigenvalue weighted by Crippen LogP contribution is -2.26. The van der Waals surface area contributed by atoms with Gasteiger partial charge in [-0.3, -0.25) is 0 Å². The van der Waals surface area contributed by atoms with E-state index >= 15 is 0 Å². The molecule has 1 nitrogen and oxygen atoms in total. The van der Waals surface area contributed by atoms with Gasteiger partial charge in [0.15, 0.2) is 0 Å². The van der Waals surface area contributed by atoms with Crippen LogP contribution >= 0.6 is 0 Å². The van der Waals surface area contributed by atoms with Crippen molar-refractivity contribution in [2.45, 2.75) is 64.2 Å². The Morgan fingerprint density at radius 3 is 1.23 bits per heavy atom. The van der Waals surface area contributed by atoms with Gasteiger partial charge in [0.05, 0.1) is 0 Å². The lowest BCUT2D eigenvalue weighted by molar-refractivity contribution is 0.124. The fourth-order valence-electron chi connectivity index (χ4n) is 3.10. The average Bonchev–Trinajstić information content (AvgIpc) is 2.23. The first-order chi connectivity index (χ1) is 6.41. The van der Waals surface area contributed by atoms with E-state index in [1.54, 1.807) is 25.7 Å². The molecule has 0 atom stereocenters. The predicted octanol–water partition coefficient (Wildman–Crippen LogP) is 3.48. The van der Waals surface area contributed by atoms with Crippen LogP contribution in [-0.4, -0.2) is 7.05 Å². The van der Waals surface area contributed by atoms with Gasteiger partial charge in [-0.1, -0.05) is 38.5 Å². The van der Waals surface area contributed by atoms with Gasteiger partial charge >= 0.3 is 0 Å². The minimum Gasteiger partial charge on any atom is -0.333 e. The fraction of sp³-hybridized carbons (Fsp3) is 1.00. The summed E-state index contributed by atoms with van der Waals surface area (Å²) in [6.07, 6.45) is 15.4. The molecule has 0 amide bonds. The van der Waals surface area contributed by atoms with Crippen molar-refractivity contribution in [3.05, 3.63) is 0 Å². The second kappa shape index (κ2) is 5.64. The summed E-state index contributed by atoms with van der Waals surface area (Å²) in [4.78, 5) is 0. The highest BCUT2D eigenvalue weighted by atomic mass is 14.4. The summed E-state index contributed by atoms with van der Waals surface area (Å²) in [5.41, 5.74) is 5.36. The van der Waals surface area contributed by atoms with Crippen molar-refractivity contribution in [2.24, 2.45) is 11.1 Å². The first kappa shape index (κ1) is 11.0. The first-order valence-electron chi connectivity index (χ1n) is 5.99. The van der Waals surface area contributed by atoms with Gasteiger partial charge in [0.25, 0.3) is 0 Å². The summed E-state index contributed by atoms with van der Waals surface area (Å²) in [6.45, 7) is 0. The SMILES string of the molecule is C1CCC2(CC1)CCCCC2.CN. The van der Waals surface area contributed by atoms with Crippen LogP contribution in [0.3, 0.4) is 0 Å². The van der Waals surface area contributed by atoms with Crippen LogP contribution in [0.25, 0.3) is 0 Å². The summed E-state index contributed by atoms with van der Waals surface area (Å²) < 4.78 is 0. The highest BCUT2D eigenvalue weighted by molar-refractivity contribution is 4.85. The van der Waals surface area contributed by atoms with E-state index < -0.39 is 0 Å². The van der Waals surface area contributed by atoms with Gasteiger partial charge in [0.2, 0.25) is 0 Å². The Bertz CT molecular complexity index is 99.6. The van der Waals surface area contributed by atoms with Crippen LogP contribution in [0.1, 0.15) is 64.2 Å². The van der Waals surface area contributed by atoms with E-state index in [9.17, 15) is 0 Å². The maximum Gasteiger partial charge on any atom is -0.0195 e. The number of hydrogen-bond acceptors (Lipinski definition) is 1. The molecule has 2 aliphatic rings. The van der Waals surface area contributed by atoms with E-state index in [0.29, 0.717) is 0 Å². The molecule has 0 aromatic heterocycles. The zero-order chi connectivity index (χ0) is 9.57. The second-order valence-electron chi connectivity index (χ2n) is 4.62. The van der Waals surface area contributed by atoms with Crippen LogP contribution in [-0.2, 0) is 0 Å². The largest absolute Gasteiger partial charge is 0.333 e. The summed E-state index contributed by atoms with van der Waals surface area (Å²) in [6, 6.07) is 0. The number of hydrogen-bond donors (Lipinski definition) is 1. The van der Waals surface area contributed by atoms with Gasteiger partial charge in [-0.05, 0) is 38.1 Å². The monoisotopic (exact) mass is 183 g/mol. The Morgan fingerprint density at radius 1 is 0.615 bits per heavy atom. The molecule has 13 heavy (non-hydrogen) atoms. The minimum atomic E-state index is 0.858. The van der Waals surface area contributed by atoms with Gasteiger partial charge in [0, 0.05) is 0 Å². The predicted molar refractivity (Wildman–Crippen MR) is 58.7 cm³/mol. The van der Waals surface area contributed by atoms with Gasteiger partial charge < -0.3 is 5.73 Å². The van der Waals surface area contributed by atoms with E-state index in [1.807, 2.05) is 0 Å². The zero-order valence-corrected chi connectivity index (χ0v) is 9.15. The smallest absolute Gasteiger partial charge is 0.0195 e. The molecule has 0 heterocycles. The number of nitrogens with two attached hydrogens (primary N) is 1. The fourth-order valence-corrected chi connectivity index (χ4v) is 3.10. The molecule has 1 heteroatoms. The van der Waals surface area contributed by atoms with Crippen LogP contribution in [0, 0.1) is 5.41 Å². The maximum atomic E-state index is 4.50. The summed E-state index contributed by atoms with van der Waals surface area (Å²) in [7, 11) is 1.50. The molecule has 78 valence electrons. The lowest BCUT2D eigenvalue weighted by atomic mass is 9.65. The van der Waals surface area contributed by atoms with Crippen LogP contribution in [0.15, 0.2) is 0 Å². The van der Waals surface area contributed by atoms with E-state index in [4.69, 9.17) is 0 Å². The molecule has 2 rings (SSSR count). The van der Waals surface area contributed by atoms with E-state index in [2.05, 4.69) is 5.73 Å².